The fourth-order valence-electron chi connectivity index (χ4n) is 3.25. The predicted molar refractivity (Wildman–Crippen MR) is 96.8 cm³/mol. The van der Waals surface area contributed by atoms with Gasteiger partial charge in [-0.05, 0) is 33.3 Å². The molecule has 2 heterocycles. The number of rotatable bonds is 4. The second kappa shape index (κ2) is 6.78. The second-order valence-electron chi connectivity index (χ2n) is 7.28. The maximum absolute atomic E-state index is 12.3. The minimum Gasteiger partial charge on any atom is -0.444 e. The molecule has 2 aromatic rings. The van der Waals surface area contributed by atoms with Gasteiger partial charge in [0, 0.05) is 42.7 Å². The first kappa shape index (κ1) is 17.3. The SMILES string of the molecule is CC(C)(C)OC(=O)NCCCn1c2c(c3ccccc31)C(=O)NCC2. The molecule has 1 aliphatic heterocycles. The van der Waals surface area contributed by atoms with Crippen LogP contribution in [0.1, 0.15) is 43.2 Å². The summed E-state index contributed by atoms with van der Waals surface area (Å²) in [5.41, 5.74) is 2.46. The molecule has 134 valence electrons. The zero-order valence-electron chi connectivity index (χ0n) is 15.0. The van der Waals surface area contributed by atoms with Gasteiger partial charge in [-0.15, -0.1) is 0 Å². The van der Waals surface area contributed by atoms with Gasteiger partial charge >= 0.3 is 6.09 Å². The smallest absolute Gasteiger partial charge is 0.407 e. The normalized spacial score (nSPS) is 14.1. The number of hydrogen-bond acceptors (Lipinski definition) is 3. The largest absolute Gasteiger partial charge is 0.444 e. The van der Waals surface area contributed by atoms with Gasteiger partial charge in [0.25, 0.3) is 5.91 Å². The molecule has 3 rings (SSSR count). The molecule has 6 nitrogen and oxygen atoms in total. The zero-order valence-corrected chi connectivity index (χ0v) is 15.0. The quantitative estimate of drug-likeness (QED) is 0.839. The van der Waals surface area contributed by atoms with Gasteiger partial charge in [0.05, 0.1) is 5.56 Å². The minimum absolute atomic E-state index is 0.00285. The number of aromatic nitrogens is 1. The topological polar surface area (TPSA) is 72.4 Å². The molecule has 0 atom stereocenters. The molecule has 0 saturated heterocycles. The lowest BCUT2D eigenvalue weighted by molar-refractivity contribution is 0.0526. The van der Waals surface area contributed by atoms with E-state index in [-0.39, 0.29) is 5.91 Å². The number of fused-ring (bicyclic) bond motifs is 3. The van der Waals surface area contributed by atoms with E-state index in [0.29, 0.717) is 13.1 Å². The Balaban J connectivity index is 1.70. The highest BCUT2D eigenvalue weighted by Crippen LogP contribution is 2.28. The van der Waals surface area contributed by atoms with E-state index in [1.807, 2.05) is 45.0 Å². The lowest BCUT2D eigenvalue weighted by Gasteiger charge is -2.20. The van der Waals surface area contributed by atoms with Crippen molar-refractivity contribution in [3.05, 3.63) is 35.5 Å². The van der Waals surface area contributed by atoms with Crippen LogP contribution >= 0.6 is 0 Å². The van der Waals surface area contributed by atoms with Crippen LogP contribution in [-0.2, 0) is 17.7 Å². The molecule has 0 radical (unpaired) electrons. The monoisotopic (exact) mass is 343 g/mol. The van der Waals surface area contributed by atoms with Crippen molar-refractivity contribution < 1.29 is 14.3 Å². The molecule has 2 amide bonds. The molecule has 2 N–H and O–H groups in total. The van der Waals surface area contributed by atoms with E-state index in [4.69, 9.17) is 4.74 Å². The first-order valence-corrected chi connectivity index (χ1v) is 8.72. The van der Waals surface area contributed by atoms with Crippen LogP contribution in [0.3, 0.4) is 0 Å². The fourth-order valence-corrected chi connectivity index (χ4v) is 3.25. The number of para-hydroxylation sites is 1. The first-order valence-electron chi connectivity index (χ1n) is 8.72. The van der Waals surface area contributed by atoms with E-state index in [2.05, 4.69) is 15.2 Å². The Hall–Kier alpha value is -2.50. The van der Waals surface area contributed by atoms with Crippen molar-refractivity contribution >= 4 is 22.9 Å². The molecule has 1 aliphatic rings. The summed E-state index contributed by atoms with van der Waals surface area (Å²) < 4.78 is 7.45. The summed E-state index contributed by atoms with van der Waals surface area (Å²) in [6, 6.07) is 7.98. The minimum atomic E-state index is -0.493. The van der Waals surface area contributed by atoms with Crippen molar-refractivity contribution in [2.24, 2.45) is 0 Å². The number of carbonyl (C=O) groups is 2. The summed E-state index contributed by atoms with van der Waals surface area (Å²) in [5, 5.41) is 6.70. The molecule has 6 heteroatoms. The molecule has 0 aliphatic carbocycles. The van der Waals surface area contributed by atoms with E-state index in [1.165, 1.54) is 0 Å². The Kier molecular flexibility index (Phi) is 4.70. The summed E-state index contributed by atoms with van der Waals surface area (Å²) >= 11 is 0. The number of carbonyl (C=O) groups excluding carboxylic acids is 2. The molecule has 0 unspecified atom stereocenters. The summed E-state index contributed by atoms with van der Waals surface area (Å²) in [4.78, 5) is 24.0. The summed E-state index contributed by atoms with van der Waals surface area (Å²) in [6.45, 7) is 7.47. The Bertz CT molecular complexity index is 802. The van der Waals surface area contributed by atoms with E-state index >= 15 is 0 Å². The third-order valence-electron chi connectivity index (χ3n) is 4.18. The molecule has 1 aromatic carbocycles. The molecule has 1 aromatic heterocycles. The van der Waals surface area contributed by atoms with Crippen molar-refractivity contribution in [1.29, 1.82) is 0 Å². The second-order valence-corrected chi connectivity index (χ2v) is 7.28. The average Bonchev–Trinajstić information content (AvgIpc) is 2.85. The number of alkyl carbamates (subject to hydrolysis) is 1. The molecule has 0 fully saturated rings. The maximum atomic E-state index is 12.3. The molecule has 0 saturated carbocycles. The lowest BCUT2D eigenvalue weighted by Crippen LogP contribution is -2.33. The van der Waals surface area contributed by atoms with Gasteiger partial charge in [0.15, 0.2) is 0 Å². The summed E-state index contributed by atoms with van der Waals surface area (Å²) in [7, 11) is 0. The van der Waals surface area contributed by atoms with Crippen molar-refractivity contribution in [2.45, 2.75) is 45.8 Å². The first-order chi connectivity index (χ1) is 11.9. The summed E-state index contributed by atoms with van der Waals surface area (Å²) in [5.74, 6) is 0.00285. The fraction of sp³-hybridized carbons (Fsp3) is 0.474. The van der Waals surface area contributed by atoms with E-state index in [1.54, 1.807) is 0 Å². The molecular formula is C19H25N3O3. The molecule has 0 bridgehead atoms. The van der Waals surface area contributed by atoms with Crippen LogP contribution in [0.4, 0.5) is 4.79 Å². The third kappa shape index (κ3) is 3.78. The van der Waals surface area contributed by atoms with Gasteiger partial charge in [0.2, 0.25) is 0 Å². The van der Waals surface area contributed by atoms with Gasteiger partial charge in [-0.3, -0.25) is 4.79 Å². The number of aryl methyl sites for hydroxylation is 1. The van der Waals surface area contributed by atoms with Crippen molar-refractivity contribution in [2.75, 3.05) is 13.1 Å². The number of benzene rings is 1. The van der Waals surface area contributed by atoms with Crippen LogP contribution in [-0.4, -0.2) is 35.3 Å². The number of amides is 2. The van der Waals surface area contributed by atoms with Crippen LogP contribution in [0.15, 0.2) is 24.3 Å². The Labute approximate surface area is 147 Å². The highest BCUT2D eigenvalue weighted by atomic mass is 16.6. The van der Waals surface area contributed by atoms with Gasteiger partial charge in [-0.1, -0.05) is 18.2 Å². The zero-order chi connectivity index (χ0) is 18.0. The van der Waals surface area contributed by atoms with Crippen molar-refractivity contribution in [1.82, 2.24) is 15.2 Å². The number of hydrogen-bond donors (Lipinski definition) is 2. The van der Waals surface area contributed by atoms with Gasteiger partial charge in [0.1, 0.15) is 5.60 Å². The standard InChI is InChI=1S/C19H25N3O3/c1-19(2,3)25-18(24)21-10-6-12-22-14-8-5-4-7-13(14)16-15(22)9-11-20-17(16)23/h4-5,7-8H,6,9-12H2,1-3H3,(H,20,23)(H,21,24). The van der Waals surface area contributed by atoms with Crippen LogP contribution < -0.4 is 10.6 Å². The third-order valence-corrected chi connectivity index (χ3v) is 4.18. The van der Waals surface area contributed by atoms with Crippen LogP contribution in [0.5, 0.6) is 0 Å². The number of ether oxygens (including phenoxy) is 1. The van der Waals surface area contributed by atoms with Crippen LogP contribution in [0, 0.1) is 0 Å². The van der Waals surface area contributed by atoms with Crippen LogP contribution in [0.25, 0.3) is 10.9 Å². The molecule has 25 heavy (non-hydrogen) atoms. The van der Waals surface area contributed by atoms with Crippen molar-refractivity contribution in [3.8, 4) is 0 Å². The molecule has 0 spiro atoms. The van der Waals surface area contributed by atoms with Gasteiger partial charge in [-0.25, -0.2) is 4.79 Å². The number of nitrogens with zero attached hydrogens (tertiary/aromatic N) is 1. The lowest BCUT2D eigenvalue weighted by atomic mass is 10.1. The average molecular weight is 343 g/mol. The highest BCUT2D eigenvalue weighted by molar-refractivity contribution is 6.09. The van der Waals surface area contributed by atoms with Crippen molar-refractivity contribution in [3.63, 3.8) is 0 Å². The van der Waals surface area contributed by atoms with Gasteiger partial charge < -0.3 is 19.9 Å². The predicted octanol–water partition coefficient (Wildman–Crippen LogP) is 2.84. The maximum Gasteiger partial charge on any atom is 0.407 e. The summed E-state index contributed by atoms with van der Waals surface area (Å²) in [6.07, 6.45) is 1.20. The van der Waals surface area contributed by atoms with E-state index in [9.17, 15) is 9.59 Å². The van der Waals surface area contributed by atoms with E-state index in [0.717, 1.165) is 41.5 Å². The van der Waals surface area contributed by atoms with Gasteiger partial charge in [-0.2, -0.15) is 0 Å². The van der Waals surface area contributed by atoms with E-state index < -0.39 is 11.7 Å². The Morgan fingerprint density at radius 2 is 2.08 bits per heavy atom. The highest BCUT2D eigenvalue weighted by Gasteiger charge is 2.25. The molecular weight excluding hydrogens is 318 g/mol. The number of nitrogens with one attached hydrogen (secondary N) is 2. The Morgan fingerprint density at radius 1 is 1.32 bits per heavy atom. The van der Waals surface area contributed by atoms with Crippen LogP contribution in [0.2, 0.25) is 0 Å². The Morgan fingerprint density at radius 3 is 2.84 bits per heavy atom.